The molecule has 0 aliphatic carbocycles. The summed E-state index contributed by atoms with van der Waals surface area (Å²) in [6.07, 6.45) is 2.08. The molecule has 1 aromatic carbocycles. The van der Waals surface area contributed by atoms with Gasteiger partial charge in [0, 0.05) is 11.8 Å². The molecule has 1 nitrogen and oxygen atoms in total. The maximum absolute atomic E-state index is 5.74. The van der Waals surface area contributed by atoms with Crippen molar-refractivity contribution in [1.29, 1.82) is 0 Å². The van der Waals surface area contributed by atoms with E-state index in [9.17, 15) is 0 Å². The van der Waals surface area contributed by atoms with E-state index < -0.39 is 0 Å². The Balaban J connectivity index is 2.33. The Hall–Kier alpha value is -0.470. The van der Waals surface area contributed by atoms with E-state index in [1.165, 1.54) is 5.56 Å². The lowest BCUT2D eigenvalue weighted by Crippen LogP contribution is -2.22. The third-order valence-electron chi connectivity index (χ3n) is 1.88. The molecule has 12 heavy (non-hydrogen) atoms. The molecule has 0 aliphatic rings. The van der Waals surface area contributed by atoms with Crippen LogP contribution >= 0.6 is 12.6 Å². The highest BCUT2D eigenvalue weighted by atomic mass is 32.1. The largest absolute Gasteiger partial charge is 0.327 e. The lowest BCUT2D eigenvalue weighted by Gasteiger charge is -2.06. The van der Waals surface area contributed by atoms with E-state index in [0.29, 0.717) is 0 Å². The molecule has 0 bridgehead atoms. The maximum atomic E-state index is 5.74. The van der Waals surface area contributed by atoms with Crippen LogP contribution in [0, 0.1) is 0 Å². The van der Waals surface area contributed by atoms with E-state index >= 15 is 0 Å². The summed E-state index contributed by atoms with van der Waals surface area (Å²) in [5, 5.41) is 0. The quantitative estimate of drug-likeness (QED) is 0.681. The number of nitrogens with two attached hydrogens (primary N) is 1. The fraction of sp³-hybridized carbons (Fsp3) is 0.400. The highest BCUT2D eigenvalue weighted by molar-refractivity contribution is 7.80. The van der Waals surface area contributed by atoms with Gasteiger partial charge in [-0.05, 0) is 18.4 Å². The van der Waals surface area contributed by atoms with Crippen LogP contribution in [0.25, 0.3) is 0 Å². The van der Waals surface area contributed by atoms with Crippen LogP contribution < -0.4 is 5.73 Å². The van der Waals surface area contributed by atoms with E-state index in [0.717, 1.165) is 18.6 Å². The van der Waals surface area contributed by atoms with Gasteiger partial charge >= 0.3 is 0 Å². The second-order valence-corrected chi connectivity index (χ2v) is 3.33. The second-order valence-electron chi connectivity index (χ2n) is 2.97. The number of benzene rings is 1. The third-order valence-corrected chi connectivity index (χ3v) is 2.35. The van der Waals surface area contributed by atoms with Gasteiger partial charge in [0.25, 0.3) is 0 Å². The fourth-order valence-corrected chi connectivity index (χ4v) is 1.27. The summed E-state index contributed by atoms with van der Waals surface area (Å²) in [7, 11) is 0. The number of hydrogen-bond acceptors (Lipinski definition) is 2. The van der Waals surface area contributed by atoms with E-state index in [1.807, 2.05) is 6.07 Å². The summed E-state index contributed by atoms with van der Waals surface area (Å²) in [6.45, 7) is 0. The lowest BCUT2D eigenvalue weighted by atomic mass is 10.1. The molecule has 0 saturated carbocycles. The first kappa shape index (κ1) is 9.62. The van der Waals surface area contributed by atoms with Crippen LogP contribution in [0.4, 0.5) is 0 Å². The van der Waals surface area contributed by atoms with Gasteiger partial charge in [0.15, 0.2) is 0 Å². The highest BCUT2D eigenvalue weighted by Crippen LogP contribution is 2.04. The van der Waals surface area contributed by atoms with Crippen LogP contribution in [0.2, 0.25) is 0 Å². The molecule has 0 radical (unpaired) electrons. The van der Waals surface area contributed by atoms with Crippen LogP contribution in [-0.4, -0.2) is 11.8 Å². The monoisotopic (exact) mass is 181 g/mol. The topological polar surface area (TPSA) is 26.0 Å². The zero-order valence-corrected chi connectivity index (χ0v) is 8.00. The fourth-order valence-electron chi connectivity index (χ4n) is 1.09. The van der Waals surface area contributed by atoms with Gasteiger partial charge in [-0.2, -0.15) is 12.6 Å². The Morgan fingerprint density at radius 3 is 2.50 bits per heavy atom. The van der Waals surface area contributed by atoms with Crippen LogP contribution in [-0.2, 0) is 6.42 Å². The van der Waals surface area contributed by atoms with Gasteiger partial charge in [0.2, 0.25) is 0 Å². The average molecular weight is 181 g/mol. The molecule has 2 heteroatoms. The predicted octanol–water partition coefficient (Wildman–Crippen LogP) is 1.88. The van der Waals surface area contributed by atoms with Crippen molar-refractivity contribution in [2.24, 2.45) is 5.73 Å². The van der Waals surface area contributed by atoms with Crippen molar-refractivity contribution in [3.8, 4) is 0 Å². The van der Waals surface area contributed by atoms with Gasteiger partial charge in [-0.25, -0.2) is 0 Å². The Kier molecular flexibility index (Phi) is 4.19. The summed E-state index contributed by atoms with van der Waals surface area (Å²) in [5.41, 5.74) is 7.10. The van der Waals surface area contributed by atoms with Crippen molar-refractivity contribution in [3.63, 3.8) is 0 Å². The molecule has 0 spiro atoms. The van der Waals surface area contributed by atoms with Crippen molar-refractivity contribution in [3.05, 3.63) is 35.9 Å². The van der Waals surface area contributed by atoms with Crippen LogP contribution in [0.3, 0.4) is 0 Å². The molecule has 0 amide bonds. The van der Waals surface area contributed by atoms with E-state index in [1.54, 1.807) is 0 Å². The zero-order valence-electron chi connectivity index (χ0n) is 7.11. The molecule has 1 atom stereocenters. The van der Waals surface area contributed by atoms with Crippen LogP contribution in [0.15, 0.2) is 30.3 Å². The van der Waals surface area contributed by atoms with Gasteiger partial charge in [0.1, 0.15) is 0 Å². The first-order chi connectivity index (χ1) is 5.83. The normalized spacial score (nSPS) is 12.8. The van der Waals surface area contributed by atoms with Crippen molar-refractivity contribution in [2.75, 3.05) is 5.75 Å². The maximum Gasteiger partial charge on any atom is 0.0131 e. The summed E-state index contributed by atoms with van der Waals surface area (Å²) >= 11 is 4.14. The first-order valence-electron chi connectivity index (χ1n) is 4.23. The Morgan fingerprint density at radius 2 is 1.92 bits per heavy atom. The first-order valence-corrected chi connectivity index (χ1v) is 4.86. The lowest BCUT2D eigenvalue weighted by molar-refractivity contribution is 0.676. The molecule has 0 saturated heterocycles. The molecule has 0 fully saturated rings. The average Bonchev–Trinajstić information content (AvgIpc) is 2.16. The number of hydrogen-bond donors (Lipinski definition) is 2. The minimum Gasteiger partial charge on any atom is -0.327 e. The molecule has 0 unspecified atom stereocenters. The molecule has 1 rings (SSSR count). The summed E-state index contributed by atoms with van der Waals surface area (Å²) in [5.74, 6) is 0.771. The molecule has 2 N–H and O–H groups in total. The van der Waals surface area contributed by atoms with Crippen molar-refractivity contribution >= 4 is 12.6 Å². The predicted molar refractivity (Wildman–Crippen MR) is 56.6 cm³/mol. The van der Waals surface area contributed by atoms with Crippen molar-refractivity contribution < 1.29 is 0 Å². The van der Waals surface area contributed by atoms with Gasteiger partial charge in [0.05, 0.1) is 0 Å². The third kappa shape index (κ3) is 3.28. The van der Waals surface area contributed by atoms with Crippen LogP contribution in [0.1, 0.15) is 12.0 Å². The molecule has 66 valence electrons. The van der Waals surface area contributed by atoms with Gasteiger partial charge in [-0.1, -0.05) is 30.3 Å². The molecular weight excluding hydrogens is 166 g/mol. The second kappa shape index (κ2) is 5.22. The van der Waals surface area contributed by atoms with E-state index in [-0.39, 0.29) is 6.04 Å². The van der Waals surface area contributed by atoms with Crippen molar-refractivity contribution in [2.45, 2.75) is 18.9 Å². The number of rotatable bonds is 4. The van der Waals surface area contributed by atoms with Gasteiger partial charge in [-0.3, -0.25) is 0 Å². The number of thiol groups is 1. The highest BCUT2D eigenvalue weighted by Gasteiger charge is 1.99. The van der Waals surface area contributed by atoms with Crippen molar-refractivity contribution in [1.82, 2.24) is 0 Å². The standard InChI is InChI=1S/C10H15NS/c11-10(8-12)7-6-9-4-2-1-3-5-9/h1-5,10,12H,6-8,11H2/t10-/m0/s1. The summed E-state index contributed by atoms with van der Waals surface area (Å²) in [6, 6.07) is 10.6. The van der Waals surface area contributed by atoms with Gasteiger partial charge < -0.3 is 5.73 Å². The van der Waals surface area contributed by atoms with Gasteiger partial charge in [-0.15, -0.1) is 0 Å². The minimum absolute atomic E-state index is 0.230. The Morgan fingerprint density at radius 1 is 1.25 bits per heavy atom. The molecule has 1 aromatic rings. The molecule has 0 aromatic heterocycles. The Bertz CT molecular complexity index is 210. The number of aryl methyl sites for hydroxylation is 1. The van der Waals surface area contributed by atoms with E-state index in [4.69, 9.17) is 5.73 Å². The minimum atomic E-state index is 0.230. The molecule has 0 heterocycles. The SMILES string of the molecule is N[C@H](CS)CCc1ccccc1. The molecular formula is C10H15NS. The smallest absolute Gasteiger partial charge is 0.0131 e. The van der Waals surface area contributed by atoms with Crippen LogP contribution in [0.5, 0.6) is 0 Å². The zero-order chi connectivity index (χ0) is 8.81. The summed E-state index contributed by atoms with van der Waals surface area (Å²) < 4.78 is 0. The van der Waals surface area contributed by atoms with E-state index in [2.05, 4.69) is 36.9 Å². The summed E-state index contributed by atoms with van der Waals surface area (Å²) in [4.78, 5) is 0. The molecule has 0 aliphatic heterocycles. The Labute approximate surface area is 79.4 Å².